The fourth-order valence-electron chi connectivity index (χ4n) is 3.43. The molecule has 0 N–H and O–H groups in total. The van der Waals surface area contributed by atoms with Gasteiger partial charge in [0.15, 0.2) is 0 Å². The van der Waals surface area contributed by atoms with E-state index in [-0.39, 0.29) is 11.4 Å². The first-order valence-electron chi connectivity index (χ1n) is 11.3. The molecule has 0 bridgehead atoms. The van der Waals surface area contributed by atoms with E-state index in [4.69, 9.17) is 4.74 Å². The molecule has 1 rings (SSSR count). The van der Waals surface area contributed by atoms with Crippen LogP contribution >= 0.6 is 0 Å². The molecule has 0 aliphatic carbocycles. The summed E-state index contributed by atoms with van der Waals surface area (Å²) in [5.74, 6) is -0.0746. The first-order chi connectivity index (χ1) is 13.1. The van der Waals surface area contributed by atoms with Gasteiger partial charge in [0, 0.05) is 0 Å². The van der Waals surface area contributed by atoms with Crippen LogP contribution in [0.5, 0.6) is 0 Å². The number of hydrogen-bond donors (Lipinski definition) is 0. The Morgan fingerprint density at radius 3 is 1.78 bits per heavy atom. The second kappa shape index (κ2) is 14.7. The summed E-state index contributed by atoms with van der Waals surface area (Å²) in [5, 5.41) is 0. The normalized spacial score (nSPS) is 11.5. The molecule has 0 spiro atoms. The molecule has 27 heavy (non-hydrogen) atoms. The SMILES string of the molecule is CCCCCCCCCCCCCCC(C)(C)C(=O)OCc1ccccc1. The van der Waals surface area contributed by atoms with E-state index >= 15 is 0 Å². The molecule has 0 heterocycles. The summed E-state index contributed by atoms with van der Waals surface area (Å²) < 4.78 is 5.51. The maximum absolute atomic E-state index is 12.3. The minimum atomic E-state index is -0.382. The van der Waals surface area contributed by atoms with E-state index in [1.807, 2.05) is 44.2 Å². The van der Waals surface area contributed by atoms with Crippen molar-refractivity contribution < 1.29 is 9.53 Å². The van der Waals surface area contributed by atoms with E-state index in [1.54, 1.807) is 0 Å². The molecule has 0 aromatic heterocycles. The van der Waals surface area contributed by atoms with Crippen molar-refractivity contribution >= 4 is 5.97 Å². The van der Waals surface area contributed by atoms with Gasteiger partial charge < -0.3 is 4.74 Å². The number of ether oxygens (including phenoxy) is 1. The fraction of sp³-hybridized carbons (Fsp3) is 0.720. The largest absolute Gasteiger partial charge is 0.460 e. The molecule has 0 amide bonds. The van der Waals surface area contributed by atoms with Gasteiger partial charge in [-0.05, 0) is 25.8 Å². The van der Waals surface area contributed by atoms with Gasteiger partial charge in [0.25, 0.3) is 0 Å². The number of carbonyl (C=O) groups excluding carboxylic acids is 1. The Labute approximate surface area is 168 Å². The van der Waals surface area contributed by atoms with Crippen molar-refractivity contribution in [2.24, 2.45) is 5.41 Å². The van der Waals surface area contributed by atoms with E-state index in [2.05, 4.69) is 6.92 Å². The van der Waals surface area contributed by atoms with Gasteiger partial charge in [-0.2, -0.15) is 0 Å². The highest BCUT2D eigenvalue weighted by molar-refractivity contribution is 5.75. The first kappa shape index (κ1) is 23.7. The Morgan fingerprint density at radius 1 is 0.778 bits per heavy atom. The van der Waals surface area contributed by atoms with Crippen molar-refractivity contribution in [3.63, 3.8) is 0 Å². The average Bonchev–Trinajstić information content (AvgIpc) is 2.67. The quantitative estimate of drug-likeness (QED) is 0.217. The summed E-state index contributed by atoms with van der Waals surface area (Å²) in [7, 11) is 0. The molecule has 0 saturated carbocycles. The fourth-order valence-corrected chi connectivity index (χ4v) is 3.43. The van der Waals surface area contributed by atoms with E-state index in [0.29, 0.717) is 6.61 Å². The van der Waals surface area contributed by atoms with Crippen molar-refractivity contribution in [3.05, 3.63) is 35.9 Å². The predicted octanol–water partition coefficient (Wildman–Crippen LogP) is 7.85. The molecule has 0 unspecified atom stereocenters. The minimum Gasteiger partial charge on any atom is -0.460 e. The molecular weight excluding hydrogens is 332 g/mol. The average molecular weight is 375 g/mol. The number of unbranched alkanes of at least 4 members (excludes halogenated alkanes) is 11. The molecule has 1 aromatic rings. The van der Waals surface area contributed by atoms with Crippen LogP contribution in [-0.4, -0.2) is 5.97 Å². The molecule has 0 atom stereocenters. The Morgan fingerprint density at radius 2 is 1.26 bits per heavy atom. The van der Waals surface area contributed by atoms with Gasteiger partial charge >= 0.3 is 5.97 Å². The minimum absolute atomic E-state index is 0.0746. The van der Waals surface area contributed by atoms with Gasteiger partial charge in [-0.1, -0.05) is 114 Å². The predicted molar refractivity (Wildman–Crippen MR) is 116 cm³/mol. The van der Waals surface area contributed by atoms with Crippen molar-refractivity contribution in [2.75, 3.05) is 0 Å². The third-order valence-corrected chi connectivity index (χ3v) is 5.42. The second-order valence-corrected chi connectivity index (χ2v) is 8.58. The lowest BCUT2D eigenvalue weighted by molar-refractivity contribution is -0.155. The van der Waals surface area contributed by atoms with Crippen LogP contribution in [0.3, 0.4) is 0 Å². The Hall–Kier alpha value is -1.31. The van der Waals surface area contributed by atoms with E-state index in [0.717, 1.165) is 18.4 Å². The van der Waals surface area contributed by atoms with Gasteiger partial charge in [0.05, 0.1) is 5.41 Å². The lowest BCUT2D eigenvalue weighted by Crippen LogP contribution is -2.26. The molecule has 0 saturated heterocycles. The maximum Gasteiger partial charge on any atom is 0.311 e. The number of rotatable bonds is 16. The van der Waals surface area contributed by atoms with Gasteiger partial charge in [0.2, 0.25) is 0 Å². The summed E-state index contributed by atoms with van der Waals surface area (Å²) in [6, 6.07) is 9.90. The van der Waals surface area contributed by atoms with Gasteiger partial charge in [-0.3, -0.25) is 4.79 Å². The lowest BCUT2D eigenvalue weighted by atomic mass is 9.87. The zero-order valence-electron chi connectivity index (χ0n) is 18.1. The maximum atomic E-state index is 12.3. The Bertz CT molecular complexity index is 478. The molecular formula is C25H42O2. The van der Waals surface area contributed by atoms with E-state index in [9.17, 15) is 4.79 Å². The van der Waals surface area contributed by atoms with Crippen LogP contribution in [0.2, 0.25) is 0 Å². The molecule has 0 aliphatic heterocycles. The first-order valence-corrected chi connectivity index (χ1v) is 11.3. The lowest BCUT2D eigenvalue weighted by Gasteiger charge is -2.22. The van der Waals surface area contributed by atoms with Crippen LogP contribution in [0, 0.1) is 5.41 Å². The molecule has 1 aromatic carbocycles. The summed E-state index contributed by atoms with van der Waals surface area (Å²) in [6.07, 6.45) is 17.1. The van der Waals surface area contributed by atoms with Crippen LogP contribution in [0.4, 0.5) is 0 Å². The summed E-state index contributed by atoms with van der Waals surface area (Å²) >= 11 is 0. The number of benzene rings is 1. The molecule has 0 aliphatic rings. The highest BCUT2D eigenvalue weighted by atomic mass is 16.5. The summed E-state index contributed by atoms with van der Waals surface area (Å²) in [6.45, 7) is 6.67. The van der Waals surface area contributed by atoms with Gasteiger partial charge in [-0.15, -0.1) is 0 Å². The summed E-state index contributed by atoms with van der Waals surface area (Å²) in [4.78, 5) is 12.3. The van der Waals surface area contributed by atoms with Crippen molar-refractivity contribution in [1.29, 1.82) is 0 Å². The molecule has 0 fully saturated rings. The standard InChI is InChI=1S/C25H42O2/c1-4-5-6-7-8-9-10-11-12-13-14-18-21-25(2,3)24(26)27-22-23-19-16-15-17-20-23/h15-17,19-20H,4-14,18,21-22H2,1-3H3. The number of esters is 1. The highest BCUT2D eigenvalue weighted by Gasteiger charge is 2.28. The topological polar surface area (TPSA) is 26.3 Å². The second-order valence-electron chi connectivity index (χ2n) is 8.58. The van der Waals surface area contributed by atoms with Crippen LogP contribution in [0.25, 0.3) is 0 Å². The number of hydrogen-bond acceptors (Lipinski definition) is 2. The Kier molecular flexibility index (Phi) is 12.9. The number of carbonyl (C=O) groups is 1. The molecule has 154 valence electrons. The third-order valence-electron chi connectivity index (χ3n) is 5.42. The van der Waals surface area contributed by atoms with Crippen LogP contribution in [0.1, 0.15) is 110 Å². The highest BCUT2D eigenvalue weighted by Crippen LogP contribution is 2.26. The summed E-state index contributed by atoms with van der Waals surface area (Å²) in [5.41, 5.74) is 0.666. The molecule has 0 radical (unpaired) electrons. The van der Waals surface area contributed by atoms with Crippen molar-refractivity contribution in [3.8, 4) is 0 Å². The third kappa shape index (κ3) is 11.9. The molecule has 2 nitrogen and oxygen atoms in total. The van der Waals surface area contributed by atoms with Gasteiger partial charge in [0.1, 0.15) is 6.61 Å². The van der Waals surface area contributed by atoms with Crippen LogP contribution in [0.15, 0.2) is 30.3 Å². The smallest absolute Gasteiger partial charge is 0.311 e. The van der Waals surface area contributed by atoms with Crippen molar-refractivity contribution in [1.82, 2.24) is 0 Å². The Balaban J connectivity index is 2.00. The van der Waals surface area contributed by atoms with Crippen LogP contribution < -0.4 is 0 Å². The zero-order valence-corrected chi connectivity index (χ0v) is 18.1. The van der Waals surface area contributed by atoms with Gasteiger partial charge in [-0.25, -0.2) is 0 Å². The van der Waals surface area contributed by atoms with Crippen LogP contribution in [-0.2, 0) is 16.1 Å². The van der Waals surface area contributed by atoms with E-state index < -0.39 is 0 Å². The monoisotopic (exact) mass is 374 g/mol. The van der Waals surface area contributed by atoms with Crippen molar-refractivity contribution in [2.45, 2.75) is 111 Å². The molecule has 2 heteroatoms. The zero-order chi connectivity index (χ0) is 19.8. The van der Waals surface area contributed by atoms with E-state index in [1.165, 1.54) is 70.6 Å².